The Balaban J connectivity index is 0.000000710. The fraction of sp³-hybridized carbons (Fsp3) is 0.723. The molecule has 512 valence electrons. The number of nitrogens with zero attached hydrogens (tertiary/aromatic N) is 3. The number of halogens is 2. The molecule has 8 N–H and O–H groups in total. The number of nitrogens with two attached hydrogens (primary N) is 1. The van der Waals surface area contributed by atoms with Gasteiger partial charge in [-0.05, 0) is 120 Å². The number of ether oxygens (including phenoxy) is 7. The molecule has 2 bridgehead atoms. The van der Waals surface area contributed by atoms with E-state index in [4.69, 9.17) is 44.0 Å². The topological polar surface area (TPSA) is 353 Å². The second-order valence-corrected chi connectivity index (χ2v) is 25.7. The molecule has 0 spiro atoms. The Bertz CT molecular complexity index is 2820. The van der Waals surface area contributed by atoms with Crippen molar-refractivity contribution < 1.29 is 101 Å². The van der Waals surface area contributed by atoms with E-state index in [2.05, 4.69) is 4.98 Å². The summed E-state index contributed by atoms with van der Waals surface area (Å²) in [6, 6.07) is -0.0486. The van der Waals surface area contributed by atoms with Crippen LogP contribution in [0.25, 0.3) is 0 Å². The van der Waals surface area contributed by atoms with Crippen LogP contribution in [0.15, 0.2) is 64.7 Å². The van der Waals surface area contributed by atoms with Gasteiger partial charge >= 0.3 is 23.6 Å². The van der Waals surface area contributed by atoms with Crippen molar-refractivity contribution in [2.45, 2.75) is 211 Å². The number of hydrogen-bond donors (Lipinski definition) is 7. The average Bonchev–Trinajstić information content (AvgIpc) is 1.76. The smallest absolute Gasteiger partial charge is 0.351 e. The molecule has 5 heterocycles. The van der Waals surface area contributed by atoms with Gasteiger partial charge in [-0.3, -0.25) is 28.5 Å². The molecule has 4 fully saturated rings. The van der Waals surface area contributed by atoms with Crippen LogP contribution in [0.3, 0.4) is 0 Å². The van der Waals surface area contributed by atoms with Crippen LogP contribution in [-0.2, 0) is 61.9 Å². The molecule has 1 aromatic rings. The third kappa shape index (κ3) is 19.1. The minimum absolute atomic E-state index is 0.00697. The van der Waals surface area contributed by atoms with Gasteiger partial charge in [0.25, 0.3) is 11.7 Å². The van der Waals surface area contributed by atoms with E-state index < -0.39 is 157 Å². The van der Waals surface area contributed by atoms with E-state index in [1.165, 1.54) is 21.1 Å². The number of anilines is 1. The number of piperidine rings is 1. The summed E-state index contributed by atoms with van der Waals surface area (Å²) in [6.45, 7) is 12.0. The maximum atomic E-state index is 14.5. The molecular formula is C65H98F2N4O20. The van der Waals surface area contributed by atoms with E-state index in [1.54, 1.807) is 40.9 Å². The van der Waals surface area contributed by atoms with Gasteiger partial charge in [-0.1, -0.05) is 71.1 Å². The monoisotopic (exact) mass is 1290 g/mol. The highest BCUT2D eigenvalue weighted by atomic mass is 19.3. The second kappa shape index (κ2) is 34.1. The van der Waals surface area contributed by atoms with Crippen LogP contribution >= 0.6 is 0 Å². The van der Waals surface area contributed by atoms with Gasteiger partial charge in [-0.2, -0.15) is 13.8 Å². The van der Waals surface area contributed by atoms with E-state index in [9.17, 15) is 67.9 Å². The molecule has 4 aliphatic heterocycles. The number of aromatic nitrogens is 2. The summed E-state index contributed by atoms with van der Waals surface area (Å²) in [5.41, 5.74) is 3.93. The molecule has 1 saturated carbocycles. The number of Topliss-reactive ketones (excluding diaryl/α,β-unsaturated/α-hetero) is 3. The standard InChI is InChI=1S/C56H87NO16.C9H11F2N3O4/c1-33-17-13-12-14-18-34(2)45(68-9)29-41-22-20-39(7)56(67,73-41)51(63)52(64)57-24-16-15-19-42(57)53(65)71-46(30-43(60)35(3)26-38(6)49(62)50(70-11)48(61)37(5)25-33)36(4)27-40-21-23-44(47(28-40)69-10)72-54(66)55(8,31-58)32-59;10-9(11)6(16)4(3-15)18-7(9)14-2-1-5(12)13-8(14)17/h12-14,17-18,26,33,35-37,39-42,44-47,49-50,58-59,62,67H,15-16,19-25,27-32H2,1-11H3;1-2,4,6-7,15-16H,3H2,(H2,12,13,17)/b14-12+,17-13+,34-18+,38-26+;/t33-,35-,36-,37-,39-,40+,41+,42+,44-,45+,46+,47-,49-,50+,56-;4-,6-,7-/m11/s1. The fourth-order valence-electron chi connectivity index (χ4n) is 12.4. The highest BCUT2D eigenvalue weighted by Crippen LogP contribution is 2.43. The van der Waals surface area contributed by atoms with Crippen LogP contribution < -0.4 is 11.4 Å². The Morgan fingerprint density at radius 3 is 2.19 bits per heavy atom. The molecular weight excluding hydrogens is 1190 g/mol. The molecule has 0 unspecified atom stereocenters. The summed E-state index contributed by atoms with van der Waals surface area (Å²) in [7, 11) is 4.43. The summed E-state index contributed by atoms with van der Waals surface area (Å²) in [6.07, 6.45) is 5.08. The number of ketones is 3. The van der Waals surface area contributed by atoms with E-state index in [0.717, 1.165) is 22.7 Å². The van der Waals surface area contributed by atoms with Crippen molar-refractivity contribution >= 4 is 41.0 Å². The summed E-state index contributed by atoms with van der Waals surface area (Å²) in [5.74, 6) is -13.2. The Morgan fingerprint density at radius 2 is 1.57 bits per heavy atom. The number of alkyl halides is 2. The highest BCUT2D eigenvalue weighted by molar-refractivity contribution is 6.39. The first-order valence-corrected chi connectivity index (χ1v) is 31.4. The minimum atomic E-state index is -3.71. The molecule has 26 heteroatoms. The Kier molecular flexibility index (Phi) is 28.5. The molecule has 1 amide bonds. The predicted octanol–water partition coefficient (Wildman–Crippen LogP) is 4.43. The zero-order valence-corrected chi connectivity index (χ0v) is 54.3. The van der Waals surface area contributed by atoms with Crippen LogP contribution in [0.2, 0.25) is 0 Å². The molecule has 0 aromatic carbocycles. The fourth-order valence-corrected chi connectivity index (χ4v) is 12.4. The Labute approximate surface area is 531 Å². The number of carbonyl (C=O) groups excluding carboxylic acids is 6. The van der Waals surface area contributed by atoms with Crippen LogP contribution in [0.5, 0.6) is 0 Å². The van der Waals surface area contributed by atoms with Gasteiger partial charge < -0.3 is 74.4 Å². The average molecular weight is 1290 g/mol. The van der Waals surface area contributed by atoms with Gasteiger partial charge in [-0.25, -0.2) is 9.59 Å². The van der Waals surface area contributed by atoms with Gasteiger partial charge in [0.2, 0.25) is 12.0 Å². The number of carbonyl (C=O) groups is 6. The number of aliphatic hydroxyl groups excluding tert-OH is 5. The maximum Gasteiger partial charge on any atom is 0.351 e. The molecule has 91 heavy (non-hydrogen) atoms. The van der Waals surface area contributed by atoms with Crippen LogP contribution in [0.4, 0.5) is 14.6 Å². The first-order valence-electron chi connectivity index (χ1n) is 31.4. The number of nitrogen functional groups attached to an aromatic ring is 1. The molecule has 18 atom stereocenters. The highest BCUT2D eigenvalue weighted by Gasteiger charge is 2.60. The lowest BCUT2D eigenvalue weighted by Gasteiger charge is -2.42. The second-order valence-electron chi connectivity index (χ2n) is 25.7. The van der Waals surface area contributed by atoms with Crippen molar-refractivity contribution in [3.63, 3.8) is 0 Å². The summed E-state index contributed by atoms with van der Waals surface area (Å²) in [4.78, 5) is 100. The number of esters is 2. The SMILES string of the molecule is CO[C@H]1C[C@@H]2CC[C@@H](C)[C@@](O)(O2)C(=O)C(=O)N2CCCC[C@H]2C(=O)O[C@H]([C@H](C)C[C@@H]2CC[C@@H](OC(=O)C(C)(CO)CO)[C@H](OC)C2)CC(=O)[C@H](C)/C=C(\C)[C@@H](O)[C@@H](OC)C(=O)[C@H](C)C[C@H](C)/C=C/C=C/C=C/1C.Nc1ccn([C@@H]2O[C@H](CO)[C@@H](O)C2(F)F)c(=O)n1. The van der Waals surface area contributed by atoms with Crippen molar-refractivity contribution in [3.8, 4) is 0 Å². The van der Waals surface area contributed by atoms with E-state index in [-0.39, 0.29) is 48.6 Å². The van der Waals surface area contributed by atoms with Crippen LogP contribution in [0, 0.1) is 40.9 Å². The molecule has 5 aliphatic rings. The van der Waals surface area contributed by atoms with Gasteiger partial charge in [0, 0.05) is 64.7 Å². The van der Waals surface area contributed by atoms with Crippen molar-refractivity contribution in [1.82, 2.24) is 14.5 Å². The zero-order chi connectivity index (χ0) is 67.9. The minimum Gasteiger partial charge on any atom is -0.460 e. The molecule has 1 aliphatic carbocycles. The lowest BCUT2D eigenvalue weighted by Crippen LogP contribution is -2.61. The number of fused-ring (bicyclic) bond motifs is 3. The van der Waals surface area contributed by atoms with Crippen molar-refractivity contribution in [2.75, 3.05) is 53.4 Å². The van der Waals surface area contributed by atoms with E-state index in [1.807, 2.05) is 51.2 Å². The number of cyclic esters (lactones) is 1. The largest absolute Gasteiger partial charge is 0.460 e. The number of hydrogen-bond acceptors (Lipinski definition) is 22. The number of allylic oxidation sites excluding steroid dienone is 6. The van der Waals surface area contributed by atoms with E-state index >= 15 is 0 Å². The van der Waals surface area contributed by atoms with Gasteiger partial charge in [-0.15, -0.1) is 0 Å². The third-order valence-electron chi connectivity index (χ3n) is 18.6. The van der Waals surface area contributed by atoms with Crippen LogP contribution in [0.1, 0.15) is 139 Å². The zero-order valence-electron chi connectivity index (χ0n) is 54.3. The van der Waals surface area contributed by atoms with Crippen LogP contribution in [-0.4, -0.2) is 201 Å². The van der Waals surface area contributed by atoms with Gasteiger partial charge in [0.15, 0.2) is 11.9 Å². The Hall–Kier alpha value is -5.52. The summed E-state index contributed by atoms with van der Waals surface area (Å²) in [5, 5.41) is 61.2. The predicted molar refractivity (Wildman–Crippen MR) is 326 cm³/mol. The van der Waals surface area contributed by atoms with Crippen molar-refractivity contribution in [1.29, 1.82) is 0 Å². The third-order valence-corrected chi connectivity index (χ3v) is 18.6. The molecule has 24 nitrogen and oxygen atoms in total. The van der Waals surface area contributed by atoms with Crippen molar-refractivity contribution in [3.05, 3.63) is 70.3 Å². The number of aliphatic hydroxyl groups is 6. The van der Waals surface area contributed by atoms with Gasteiger partial charge in [0.05, 0.1) is 38.1 Å². The van der Waals surface area contributed by atoms with Gasteiger partial charge in [0.1, 0.15) is 53.6 Å². The molecule has 0 radical (unpaired) electrons. The molecule has 6 rings (SSSR count). The maximum absolute atomic E-state index is 14.5. The summed E-state index contributed by atoms with van der Waals surface area (Å²) < 4.78 is 68.1. The summed E-state index contributed by atoms with van der Waals surface area (Å²) >= 11 is 0. The molecule has 1 aromatic heterocycles. The lowest BCUT2D eigenvalue weighted by molar-refractivity contribution is -0.265. The first-order chi connectivity index (χ1) is 42.9. The number of amides is 1. The van der Waals surface area contributed by atoms with E-state index in [0.29, 0.717) is 74.3 Å². The number of methoxy groups -OCH3 is 3. The number of rotatable bonds is 12. The first kappa shape index (κ1) is 76.2. The normalized spacial score (nSPS) is 36.1. The van der Waals surface area contributed by atoms with Crippen molar-refractivity contribution in [2.24, 2.45) is 40.9 Å². The lowest BCUT2D eigenvalue weighted by atomic mass is 9.78. The Morgan fingerprint density at radius 1 is 0.879 bits per heavy atom. The molecule has 3 saturated heterocycles. The quantitative estimate of drug-likeness (QED) is 0.0864.